The van der Waals surface area contributed by atoms with Crippen LogP contribution in [-0.4, -0.2) is 39.4 Å². The molecule has 2 amide bonds. The Kier molecular flexibility index (Phi) is 7.88. The van der Waals surface area contributed by atoms with Gasteiger partial charge in [-0.05, 0) is 50.1 Å². The fourth-order valence-corrected chi connectivity index (χ4v) is 3.98. The van der Waals surface area contributed by atoms with E-state index in [4.69, 9.17) is 4.74 Å². The molecule has 0 aliphatic carbocycles. The standard InChI is InChI=1S/C23H27N5O3S/c1-5-28-20(13-21(29)24-17-11-8-9-15(2)16(17)3)26-27-23(28)32-14-22(30)25-18-10-6-7-12-19(18)31-4/h6-12H,5,13-14H2,1-4H3,(H,24,29)(H,25,30). The molecule has 3 rings (SSSR count). The molecule has 32 heavy (non-hydrogen) atoms. The summed E-state index contributed by atoms with van der Waals surface area (Å²) in [6.07, 6.45) is 0.0994. The number of nitrogens with zero attached hydrogens (tertiary/aromatic N) is 3. The van der Waals surface area contributed by atoms with Crippen molar-refractivity contribution in [3.8, 4) is 5.75 Å². The summed E-state index contributed by atoms with van der Waals surface area (Å²) >= 11 is 1.27. The fraction of sp³-hybridized carbons (Fsp3) is 0.304. The zero-order valence-electron chi connectivity index (χ0n) is 18.6. The Morgan fingerprint density at radius 2 is 1.72 bits per heavy atom. The zero-order valence-corrected chi connectivity index (χ0v) is 19.5. The number of hydrogen-bond acceptors (Lipinski definition) is 6. The van der Waals surface area contributed by atoms with Crippen molar-refractivity contribution < 1.29 is 14.3 Å². The van der Waals surface area contributed by atoms with Crippen LogP contribution in [0.15, 0.2) is 47.6 Å². The minimum Gasteiger partial charge on any atom is -0.495 e. The van der Waals surface area contributed by atoms with Crippen LogP contribution in [0.25, 0.3) is 0 Å². The minimum atomic E-state index is -0.181. The predicted molar refractivity (Wildman–Crippen MR) is 126 cm³/mol. The van der Waals surface area contributed by atoms with Crippen LogP contribution in [0.2, 0.25) is 0 Å². The number of aryl methyl sites for hydroxylation is 1. The minimum absolute atomic E-state index is 0.0994. The van der Waals surface area contributed by atoms with Gasteiger partial charge in [0.1, 0.15) is 11.6 Å². The number of anilines is 2. The maximum absolute atomic E-state index is 12.6. The molecule has 0 saturated carbocycles. The topological polar surface area (TPSA) is 98.1 Å². The maximum Gasteiger partial charge on any atom is 0.234 e. The number of thioether (sulfide) groups is 1. The van der Waals surface area contributed by atoms with Gasteiger partial charge < -0.3 is 19.9 Å². The van der Waals surface area contributed by atoms with Gasteiger partial charge in [0.05, 0.1) is 25.0 Å². The number of carbonyl (C=O) groups is 2. The average Bonchev–Trinajstić information content (AvgIpc) is 3.17. The summed E-state index contributed by atoms with van der Waals surface area (Å²) < 4.78 is 7.11. The Balaban J connectivity index is 1.61. The summed E-state index contributed by atoms with van der Waals surface area (Å²) in [4.78, 5) is 25.0. The van der Waals surface area contributed by atoms with Crippen molar-refractivity contribution in [2.75, 3.05) is 23.5 Å². The molecular formula is C23H27N5O3S. The third-order valence-corrected chi connectivity index (χ3v) is 5.99. The van der Waals surface area contributed by atoms with Gasteiger partial charge in [-0.1, -0.05) is 36.0 Å². The van der Waals surface area contributed by atoms with Crippen LogP contribution in [0.4, 0.5) is 11.4 Å². The number of amides is 2. The van der Waals surface area contributed by atoms with Crippen molar-refractivity contribution in [1.29, 1.82) is 0 Å². The second-order valence-corrected chi connectivity index (χ2v) is 8.10. The third-order valence-electron chi connectivity index (χ3n) is 5.02. The van der Waals surface area contributed by atoms with Crippen molar-refractivity contribution in [2.45, 2.75) is 38.9 Å². The van der Waals surface area contributed by atoms with Crippen molar-refractivity contribution in [3.05, 3.63) is 59.4 Å². The molecule has 168 valence electrons. The Morgan fingerprint density at radius 3 is 2.47 bits per heavy atom. The molecule has 8 nitrogen and oxygen atoms in total. The summed E-state index contributed by atoms with van der Waals surface area (Å²) in [5, 5.41) is 14.7. The van der Waals surface area contributed by atoms with Gasteiger partial charge in [0.15, 0.2) is 5.16 Å². The van der Waals surface area contributed by atoms with Gasteiger partial charge in [0, 0.05) is 12.2 Å². The normalized spacial score (nSPS) is 10.6. The number of methoxy groups -OCH3 is 1. The zero-order chi connectivity index (χ0) is 23.1. The van der Waals surface area contributed by atoms with Crippen LogP contribution in [0.5, 0.6) is 5.75 Å². The predicted octanol–water partition coefficient (Wildman–Crippen LogP) is 3.84. The molecule has 0 bridgehead atoms. The van der Waals surface area contributed by atoms with E-state index < -0.39 is 0 Å². The van der Waals surface area contributed by atoms with E-state index in [1.54, 1.807) is 19.2 Å². The van der Waals surface area contributed by atoms with Crippen LogP contribution in [0.1, 0.15) is 23.9 Å². The highest BCUT2D eigenvalue weighted by atomic mass is 32.2. The van der Waals surface area contributed by atoms with Gasteiger partial charge in [0.25, 0.3) is 0 Å². The average molecular weight is 454 g/mol. The Morgan fingerprint density at radius 1 is 1.00 bits per heavy atom. The molecule has 0 atom stereocenters. The van der Waals surface area contributed by atoms with Crippen LogP contribution in [0.3, 0.4) is 0 Å². The van der Waals surface area contributed by atoms with E-state index in [2.05, 4.69) is 20.8 Å². The van der Waals surface area contributed by atoms with E-state index in [0.29, 0.717) is 29.0 Å². The van der Waals surface area contributed by atoms with Gasteiger partial charge in [0.2, 0.25) is 11.8 Å². The van der Waals surface area contributed by atoms with Crippen LogP contribution < -0.4 is 15.4 Å². The van der Waals surface area contributed by atoms with Crippen molar-refractivity contribution in [1.82, 2.24) is 14.8 Å². The second kappa shape index (κ2) is 10.8. The highest BCUT2D eigenvalue weighted by Crippen LogP contribution is 2.24. The quantitative estimate of drug-likeness (QED) is 0.478. The molecule has 1 aromatic heterocycles. The maximum atomic E-state index is 12.6. The highest BCUT2D eigenvalue weighted by molar-refractivity contribution is 7.99. The number of aromatic nitrogens is 3. The van der Waals surface area contributed by atoms with Crippen LogP contribution >= 0.6 is 11.8 Å². The largest absolute Gasteiger partial charge is 0.495 e. The number of rotatable bonds is 9. The van der Waals surface area contributed by atoms with Crippen LogP contribution in [-0.2, 0) is 22.6 Å². The number of para-hydroxylation sites is 2. The number of ether oxygens (including phenoxy) is 1. The molecule has 0 saturated heterocycles. The molecule has 1 heterocycles. The van der Waals surface area contributed by atoms with Gasteiger partial charge in [-0.25, -0.2) is 0 Å². The van der Waals surface area contributed by atoms with E-state index in [1.165, 1.54) is 11.8 Å². The Labute approximate surface area is 191 Å². The first-order chi connectivity index (χ1) is 15.4. The first kappa shape index (κ1) is 23.3. The molecule has 0 aliphatic rings. The lowest BCUT2D eigenvalue weighted by atomic mass is 10.1. The lowest BCUT2D eigenvalue weighted by Gasteiger charge is -2.11. The van der Waals surface area contributed by atoms with Crippen molar-refractivity contribution in [3.63, 3.8) is 0 Å². The SMILES string of the molecule is CCn1c(CC(=O)Nc2cccc(C)c2C)nnc1SCC(=O)Nc1ccccc1OC. The second-order valence-electron chi connectivity index (χ2n) is 7.15. The Hall–Kier alpha value is -3.33. The lowest BCUT2D eigenvalue weighted by molar-refractivity contribution is -0.116. The summed E-state index contributed by atoms with van der Waals surface area (Å²) in [7, 11) is 1.56. The Bertz CT molecular complexity index is 1110. The molecule has 0 radical (unpaired) electrons. The van der Waals surface area contributed by atoms with E-state index in [-0.39, 0.29) is 24.0 Å². The molecule has 0 unspecified atom stereocenters. The monoisotopic (exact) mass is 453 g/mol. The van der Waals surface area contributed by atoms with E-state index in [9.17, 15) is 9.59 Å². The molecule has 2 aromatic carbocycles. The van der Waals surface area contributed by atoms with Crippen molar-refractivity contribution >= 4 is 35.0 Å². The highest BCUT2D eigenvalue weighted by Gasteiger charge is 2.17. The number of carbonyl (C=O) groups excluding carboxylic acids is 2. The first-order valence-corrected chi connectivity index (χ1v) is 11.2. The lowest BCUT2D eigenvalue weighted by Crippen LogP contribution is -2.18. The molecule has 0 aliphatic heterocycles. The fourth-order valence-electron chi connectivity index (χ4n) is 3.16. The summed E-state index contributed by atoms with van der Waals surface area (Å²) in [5.41, 5.74) is 3.56. The van der Waals surface area contributed by atoms with Crippen LogP contribution in [0, 0.1) is 13.8 Å². The number of nitrogens with one attached hydrogen (secondary N) is 2. The molecule has 3 aromatic rings. The molecule has 0 fully saturated rings. The summed E-state index contributed by atoms with van der Waals surface area (Å²) in [6.45, 7) is 6.53. The summed E-state index contributed by atoms with van der Waals surface area (Å²) in [6, 6.07) is 13.0. The first-order valence-electron chi connectivity index (χ1n) is 10.3. The number of benzene rings is 2. The molecule has 0 spiro atoms. The van der Waals surface area contributed by atoms with Gasteiger partial charge in [-0.3, -0.25) is 9.59 Å². The van der Waals surface area contributed by atoms with Gasteiger partial charge >= 0.3 is 0 Å². The van der Waals surface area contributed by atoms with Gasteiger partial charge in [-0.2, -0.15) is 0 Å². The smallest absolute Gasteiger partial charge is 0.234 e. The van der Waals surface area contributed by atoms with E-state index in [1.807, 2.05) is 55.7 Å². The third kappa shape index (κ3) is 5.67. The summed E-state index contributed by atoms with van der Waals surface area (Å²) in [5.74, 6) is 0.971. The van der Waals surface area contributed by atoms with E-state index >= 15 is 0 Å². The van der Waals surface area contributed by atoms with Crippen molar-refractivity contribution in [2.24, 2.45) is 0 Å². The molecular weight excluding hydrogens is 426 g/mol. The molecule has 2 N–H and O–H groups in total. The molecule has 9 heteroatoms. The van der Waals surface area contributed by atoms with E-state index in [0.717, 1.165) is 16.8 Å². The van der Waals surface area contributed by atoms with Gasteiger partial charge in [-0.15, -0.1) is 10.2 Å². The number of hydrogen-bond donors (Lipinski definition) is 2.